The van der Waals surface area contributed by atoms with Gasteiger partial charge in [0.25, 0.3) is 0 Å². The second-order valence-corrected chi connectivity index (χ2v) is 5.10. The minimum Gasteiger partial charge on any atom is -0.480 e. The summed E-state index contributed by atoms with van der Waals surface area (Å²) in [5.74, 6) is -6.70. The van der Waals surface area contributed by atoms with Crippen LogP contribution in [0.1, 0.15) is 20.8 Å². The number of amides is 1. The molecule has 0 unspecified atom stereocenters. The van der Waals surface area contributed by atoms with E-state index in [1.165, 1.54) is 13.8 Å². The molecule has 0 saturated heterocycles. The largest absolute Gasteiger partial charge is 0.480 e. The van der Waals surface area contributed by atoms with Crippen molar-refractivity contribution in [1.29, 1.82) is 0 Å². The van der Waals surface area contributed by atoms with E-state index in [0.29, 0.717) is 0 Å². The molecule has 0 spiro atoms. The van der Waals surface area contributed by atoms with Gasteiger partial charge in [-0.3, -0.25) is 9.59 Å². The summed E-state index contributed by atoms with van der Waals surface area (Å²) < 4.78 is 43.3. The summed E-state index contributed by atoms with van der Waals surface area (Å²) in [6.07, 6.45) is -4.88. The van der Waals surface area contributed by atoms with Crippen LogP contribution in [0.25, 0.3) is 0 Å². The second-order valence-electron chi connectivity index (χ2n) is 5.10. The molecule has 0 fully saturated rings. The van der Waals surface area contributed by atoms with E-state index in [4.69, 9.17) is 5.11 Å². The Balaban J connectivity index is 4.81. The number of carboxylic acid groups (broad SMARTS) is 1. The Morgan fingerprint density at radius 2 is 1.78 bits per heavy atom. The van der Waals surface area contributed by atoms with Crippen molar-refractivity contribution in [2.24, 2.45) is 11.8 Å². The first-order valence-corrected chi connectivity index (χ1v) is 6.96. The Labute approximate surface area is 131 Å². The number of esters is 1. The summed E-state index contributed by atoms with van der Waals surface area (Å²) in [5, 5.41) is 13.0. The topological polar surface area (TPSA) is 105 Å². The molecule has 3 N–H and O–H groups in total. The average molecular weight is 342 g/mol. The van der Waals surface area contributed by atoms with Crippen molar-refractivity contribution < 1.29 is 37.4 Å². The number of alkyl halides is 3. The predicted octanol–water partition coefficient (Wildman–Crippen LogP) is 0.543. The molecule has 0 aliphatic rings. The molecule has 23 heavy (non-hydrogen) atoms. The maximum Gasteiger partial charge on any atom is 0.401 e. The highest BCUT2D eigenvalue weighted by Gasteiger charge is 2.45. The molecule has 134 valence electrons. The van der Waals surface area contributed by atoms with Crippen LogP contribution in [-0.4, -0.2) is 54.9 Å². The number of nitrogens with one attached hydrogen (secondary N) is 2. The van der Waals surface area contributed by atoms with Gasteiger partial charge >= 0.3 is 18.1 Å². The maximum absolute atomic E-state index is 12.9. The molecule has 0 bridgehead atoms. The number of halogens is 3. The van der Waals surface area contributed by atoms with Crippen LogP contribution in [0.15, 0.2) is 0 Å². The van der Waals surface area contributed by atoms with Crippen LogP contribution in [-0.2, 0) is 19.1 Å². The smallest absolute Gasteiger partial charge is 0.401 e. The molecule has 0 radical (unpaired) electrons. The summed E-state index contributed by atoms with van der Waals surface area (Å²) in [4.78, 5) is 33.8. The average Bonchev–Trinajstić information content (AvgIpc) is 2.38. The van der Waals surface area contributed by atoms with E-state index >= 15 is 0 Å². The number of carbonyl (C=O) groups is 3. The van der Waals surface area contributed by atoms with Crippen LogP contribution >= 0.6 is 0 Å². The summed E-state index contributed by atoms with van der Waals surface area (Å²) in [5.41, 5.74) is 0. The normalized spacial score (nSPS) is 14.2. The second kappa shape index (κ2) is 9.33. The summed E-state index contributed by atoms with van der Waals surface area (Å²) in [6.45, 7) is 3.19. The SMILES string of the molecule is CCOC(=O)CNC[C@H](C(=O)N[C@H](C(=O)O)C(C)C)C(F)(F)F. The van der Waals surface area contributed by atoms with E-state index in [-0.39, 0.29) is 6.61 Å². The minimum atomic E-state index is -4.88. The molecular weight excluding hydrogens is 321 g/mol. The Kier molecular flexibility index (Phi) is 8.59. The third-order valence-corrected chi connectivity index (χ3v) is 2.87. The molecule has 2 atom stereocenters. The van der Waals surface area contributed by atoms with Gasteiger partial charge in [0.15, 0.2) is 0 Å². The van der Waals surface area contributed by atoms with Gasteiger partial charge in [0.05, 0.1) is 13.2 Å². The van der Waals surface area contributed by atoms with Gasteiger partial charge in [-0.15, -0.1) is 0 Å². The number of hydrogen-bond donors (Lipinski definition) is 3. The zero-order valence-corrected chi connectivity index (χ0v) is 13.1. The molecule has 10 heteroatoms. The van der Waals surface area contributed by atoms with Crippen LogP contribution in [0, 0.1) is 11.8 Å². The zero-order valence-electron chi connectivity index (χ0n) is 13.1. The number of carboxylic acids is 1. The Morgan fingerprint density at radius 1 is 1.22 bits per heavy atom. The molecule has 1 amide bonds. The molecule has 0 rings (SSSR count). The van der Waals surface area contributed by atoms with E-state index in [1.54, 1.807) is 6.92 Å². The van der Waals surface area contributed by atoms with E-state index in [2.05, 4.69) is 10.1 Å². The van der Waals surface area contributed by atoms with Crippen molar-refractivity contribution in [2.75, 3.05) is 19.7 Å². The summed E-state index contributed by atoms with van der Waals surface area (Å²) in [6, 6.07) is -1.43. The fraction of sp³-hybridized carbons (Fsp3) is 0.769. The third-order valence-electron chi connectivity index (χ3n) is 2.87. The highest BCUT2D eigenvalue weighted by molar-refractivity contribution is 5.85. The molecule has 0 aromatic heterocycles. The first kappa shape index (κ1) is 21.2. The highest BCUT2D eigenvalue weighted by atomic mass is 19.4. The van der Waals surface area contributed by atoms with Crippen molar-refractivity contribution >= 4 is 17.8 Å². The van der Waals surface area contributed by atoms with Gasteiger partial charge < -0.3 is 20.5 Å². The van der Waals surface area contributed by atoms with Gasteiger partial charge in [-0.2, -0.15) is 13.2 Å². The molecule has 0 saturated carbocycles. The van der Waals surface area contributed by atoms with Gasteiger partial charge in [-0.05, 0) is 12.8 Å². The van der Waals surface area contributed by atoms with E-state index < -0.39 is 55.0 Å². The van der Waals surface area contributed by atoms with Crippen molar-refractivity contribution in [1.82, 2.24) is 10.6 Å². The van der Waals surface area contributed by atoms with Crippen LogP contribution in [0.5, 0.6) is 0 Å². The quantitative estimate of drug-likeness (QED) is 0.529. The zero-order chi connectivity index (χ0) is 18.2. The van der Waals surface area contributed by atoms with Crippen molar-refractivity contribution in [3.63, 3.8) is 0 Å². The van der Waals surface area contributed by atoms with Gasteiger partial charge in [-0.25, -0.2) is 4.79 Å². The van der Waals surface area contributed by atoms with Crippen LogP contribution in [0.2, 0.25) is 0 Å². The first-order valence-electron chi connectivity index (χ1n) is 6.96. The van der Waals surface area contributed by atoms with Crippen LogP contribution in [0.4, 0.5) is 13.2 Å². The van der Waals surface area contributed by atoms with E-state index in [1.807, 2.05) is 5.32 Å². The number of rotatable bonds is 9. The van der Waals surface area contributed by atoms with E-state index in [0.717, 1.165) is 0 Å². The summed E-state index contributed by atoms with van der Waals surface area (Å²) >= 11 is 0. The Bertz CT molecular complexity index is 426. The molecular formula is C13H21F3N2O5. The standard InChI is InChI=1S/C13H21F3N2O5/c1-4-23-9(19)6-17-5-8(13(14,15)16)11(20)18-10(7(2)3)12(21)22/h7-8,10,17H,4-6H2,1-3H3,(H,18,20)(H,21,22)/t8-,10+/m1/s1. The molecule has 0 aliphatic heterocycles. The van der Waals surface area contributed by atoms with Crippen LogP contribution < -0.4 is 10.6 Å². The van der Waals surface area contributed by atoms with Gasteiger partial charge in [-0.1, -0.05) is 13.8 Å². The van der Waals surface area contributed by atoms with Crippen molar-refractivity contribution in [3.8, 4) is 0 Å². The lowest BCUT2D eigenvalue weighted by Crippen LogP contribution is -2.52. The van der Waals surface area contributed by atoms with Crippen molar-refractivity contribution in [3.05, 3.63) is 0 Å². The number of ether oxygens (including phenoxy) is 1. The Morgan fingerprint density at radius 3 is 2.17 bits per heavy atom. The van der Waals surface area contributed by atoms with Gasteiger partial charge in [0, 0.05) is 6.54 Å². The lowest BCUT2D eigenvalue weighted by Gasteiger charge is -2.24. The third kappa shape index (κ3) is 7.82. The predicted molar refractivity (Wildman–Crippen MR) is 73.5 cm³/mol. The summed E-state index contributed by atoms with van der Waals surface area (Å²) in [7, 11) is 0. The molecule has 0 aliphatic carbocycles. The van der Waals surface area contributed by atoms with Gasteiger partial charge in [0.1, 0.15) is 12.0 Å². The first-order chi connectivity index (χ1) is 10.5. The Hall–Kier alpha value is -1.84. The van der Waals surface area contributed by atoms with Crippen LogP contribution in [0.3, 0.4) is 0 Å². The fourth-order valence-corrected chi connectivity index (χ4v) is 1.66. The van der Waals surface area contributed by atoms with Gasteiger partial charge in [0.2, 0.25) is 5.91 Å². The number of carbonyl (C=O) groups excluding carboxylic acids is 2. The van der Waals surface area contributed by atoms with Crippen molar-refractivity contribution in [2.45, 2.75) is 33.0 Å². The monoisotopic (exact) mass is 342 g/mol. The number of hydrogen-bond acceptors (Lipinski definition) is 5. The minimum absolute atomic E-state index is 0.0817. The maximum atomic E-state index is 12.9. The molecule has 0 aromatic rings. The highest BCUT2D eigenvalue weighted by Crippen LogP contribution is 2.26. The van der Waals surface area contributed by atoms with E-state index in [9.17, 15) is 27.6 Å². The lowest BCUT2D eigenvalue weighted by atomic mass is 10.0. The lowest BCUT2D eigenvalue weighted by molar-refractivity contribution is -0.183. The fourth-order valence-electron chi connectivity index (χ4n) is 1.66. The molecule has 0 heterocycles. The molecule has 7 nitrogen and oxygen atoms in total. The molecule has 0 aromatic carbocycles. The number of aliphatic carboxylic acids is 1.